The average molecular weight is 387 g/mol. The lowest BCUT2D eigenvalue weighted by molar-refractivity contribution is 0.464. The number of aromatic nitrogens is 1. The standard InChI is InChI=1S/C20H26N4O2S/c1-14-9-18-19(10-15(14)2)22-13-17(11-21)20(18)24-7-4-5-16(6-8-24)12-23-27(3,25)26/h9-10,13,16,23H,4-8,12H2,1-3H3. The molecule has 3 rings (SSSR count). The van der Waals surface area contributed by atoms with Crippen molar-refractivity contribution >= 4 is 26.6 Å². The van der Waals surface area contributed by atoms with Gasteiger partial charge >= 0.3 is 0 Å². The SMILES string of the molecule is Cc1cc2ncc(C#N)c(N3CCCC(CNS(C)(=O)=O)CC3)c2cc1C. The number of anilines is 1. The van der Waals surface area contributed by atoms with Crippen LogP contribution in [0, 0.1) is 31.1 Å². The fourth-order valence-corrected chi connectivity index (χ4v) is 4.26. The van der Waals surface area contributed by atoms with Crippen LogP contribution < -0.4 is 9.62 Å². The van der Waals surface area contributed by atoms with E-state index < -0.39 is 10.0 Å². The summed E-state index contributed by atoms with van der Waals surface area (Å²) < 4.78 is 25.4. The van der Waals surface area contributed by atoms with Gasteiger partial charge in [-0.2, -0.15) is 5.26 Å². The zero-order valence-electron chi connectivity index (χ0n) is 16.1. The summed E-state index contributed by atoms with van der Waals surface area (Å²) in [6.07, 6.45) is 5.70. The number of nitrogens with zero attached hydrogens (tertiary/aromatic N) is 3. The first-order chi connectivity index (χ1) is 12.8. The number of pyridine rings is 1. The minimum absolute atomic E-state index is 0.312. The zero-order valence-corrected chi connectivity index (χ0v) is 16.9. The summed E-state index contributed by atoms with van der Waals surface area (Å²) in [5.74, 6) is 0.312. The minimum Gasteiger partial charge on any atom is -0.370 e. The lowest BCUT2D eigenvalue weighted by Crippen LogP contribution is -2.29. The molecule has 6 nitrogen and oxygen atoms in total. The molecule has 144 valence electrons. The van der Waals surface area contributed by atoms with E-state index in [0.717, 1.165) is 48.9 Å². The molecule has 7 heteroatoms. The molecule has 1 aliphatic rings. The van der Waals surface area contributed by atoms with Crippen LogP contribution in [0.15, 0.2) is 18.3 Å². The predicted molar refractivity (Wildman–Crippen MR) is 108 cm³/mol. The Labute approximate surface area is 161 Å². The van der Waals surface area contributed by atoms with E-state index in [1.165, 1.54) is 17.4 Å². The second kappa shape index (κ2) is 7.83. The molecule has 0 radical (unpaired) electrons. The highest BCUT2D eigenvalue weighted by atomic mass is 32.2. The Morgan fingerprint density at radius 2 is 2.00 bits per heavy atom. The molecule has 2 heterocycles. The van der Waals surface area contributed by atoms with Gasteiger partial charge in [-0.05, 0) is 62.3 Å². The first kappa shape index (κ1) is 19.6. The predicted octanol–water partition coefficient (Wildman–Crippen LogP) is 2.88. The van der Waals surface area contributed by atoms with Crippen LogP contribution in [0.1, 0.15) is 36.0 Å². The smallest absolute Gasteiger partial charge is 0.208 e. The third kappa shape index (κ3) is 4.57. The number of hydrogen-bond acceptors (Lipinski definition) is 5. The second-order valence-electron chi connectivity index (χ2n) is 7.49. The number of nitriles is 1. The summed E-state index contributed by atoms with van der Waals surface area (Å²) in [6.45, 7) is 6.28. The summed E-state index contributed by atoms with van der Waals surface area (Å²) in [7, 11) is -3.16. The van der Waals surface area contributed by atoms with Gasteiger partial charge in [-0.3, -0.25) is 4.98 Å². The van der Waals surface area contributed by atoms with E-state index in [0.29, 0.717) is 18.0 Å². The molecule has 0 bridgehead atoms. The van der Waals surface area contributed by atoms with Crippen LogP contribution in [0.5, 0.6) is 0 Å². The van der Waals surface area contributed by atoms with Crippen molar-refractivity contribution in [3.8, 4) is 6.07 Å². The van der Waals surface area contributed by atoms with Crippen LogP contribution in [-0.2, 0) is 10.0 Å². The monoisotopic (exact) mass is 386 g/mol. The van der Waals surface area contributed by atoms with Gasteiger partial charge in [0.1, 0.15) is 6.07 Å². The van der Waals surface area contributed by atoms with Gasteiger partial charge in [0.2, 0.25) is 10.0 Å². The van der Waals surface area contributed by atoms with E-state index in [1.807, 2.05) is 0 Å². The molecule has 1 fully saturated rings. The molecule has 1 N–H and O–H groups in total. The first-order valence-corrected chi connectivity index (χ1v) is 11.2. The van der Waals surface area contributed by atoms with Crippen LogP contribution in [0.4, 0.5) is 5.69 Å². The van der Waals surface area contributed by atoms with Gasteiger partial charge in [0.05, 0.1) is 23.0 Å². The number of aryl methyl sites for hydroxylation is 2. The van der Waals surface area contributed by atoms with Gasteiger partial charge in [0.25, 0.3) is 0 Å². The number of hydrogen-bond donors (Lipinski definition) is 1. The number of benzene rings is 1. The molecular weight excluding hydrogens is 360 g/mol. The van der Waals surface area contributed by atoms with Gasteiger partial charge < -0.3 is 4.90 Å². The maximum Gasteiger partial charge on any atom is 0.208 e. The Balaban J connectivity index is 1.90. The molecule has 0 amide bonds. The van der Waals surface area contributed by atoms with E-state index in [9.17, 15) is 13.7 Å². The molecule has 27 heavy (non-hydrogen) atoms. The van der Waals surface area contributed by atoms with Crippen LogP contribution in [0.3, 0.4) is 0 Å². The highest BCUT2D eigenvalue weighted by Gasteiger charge is 2.22. The molecule has 0 spiro atoms. The summed E-state index contributed by atoms with van der Waals surface area (Å²) >= 11 is 0. The van der Waals surface area contributed by atoms with Crippen molar-refractivity contribution in [1.29, 1.82) is 5.26 Å². The highest BCUT2D eigenvalue weighted by molar-refractivity contribution is 7.88. The molecule has 0 saturated carbocycles. The summed E-state index contributed by atoms with van der Waals surface area (Å²) in [6, 6.07) is 6.50. The number of fused-ring (bicyclic) bond motifs is 1. The maximum absolute atomic E-state index is 11.4. The Bertz CT molecular complexity index is 995. The van der Waals surface area contributed by atoms with Crippen LogP contribution in [0.25, 0.3) is 10.9 Å². The van der Waals surface area contributed by atoms with Crippen LogP contribution in [-0.4, -0.2) is 39.3 Å². The normalized spacial score (nSPS) is 18.3. The third-order valence-electron chi connectivity index (χ3n) is 5.37. The Morgan fingerprint density at radius 1 is 1.26 bits per heavy atom. The molecule has 1 aromatic heterocycles. The van der Waals surface area contributed by atoms with Crippen molar-refractivity contribution < 1.29 is 8.42 Å². The largest absolute Gasteiger partial charge is 0.370 e. The third-order valence-corrected chi connectivity index (χ3v) is 6.06. The van der Waals surface area contributed by atoms with E-state index >= 15 is 0 Å². The lowest BCUT2D eigenvalue weighted by Gasteiger charge is -2.26. The van der Waals surface area contributed by atoms with Gasteiger partial charge in [-0.1, -0.05) is 0 Å². The second-order valence-corrected chi connectivity index (χ2v) is 9.32. The van der Waals surface area contributed by atoms with Gasteiger partial charge in [0, 0.05) is 31.2 Å². The van der Waals surface area contributed by atoms with Crippen molar-refractivity contribution in [2.45, 2.75) is 33.1 Å². The highest BCUT2D eigenvalue weighted by Crippen LogP contribution is 2.33. The average Bonchev–Trinajstić information content (AvgIpc) is 2.85. The molecule has 1 aromatic carbocycles. The van der Waals surface area contributed by atoms with Crippen molar-refractivity contribution in [2.75, 3.05) is 30.8 Å². The van der Waals surface area contributed by atoms with Crippen molar-refractivity contribution in [3.63, 3.8) is 0 Å². The fraction of sp³-hybridized carbons (Fsp3) is 0.500. The number of rotatable bonds is 4. The lowest BCUT2D eigenvalue weighted by atomic mass is 10.0. The molecule has 1 saturated heterocycles. The van der Waals surface area contributed by atoms with Gasteiger partial charge in [0.15, 0.2) is 0 Å². The van der Waals surface area contributed by atoms with Crippen molar-refractivity contribution in [2.24, 2.45) is 5.92 Å². The summed E-state index contributed by atoms with van der Waals surface area (Å²) in [5.41, 5.74) is 4.84. The molecule has 1 atom stereocenters. The molecular formula is C20H26N4O2S. The van der Waals surface area contributed by atoms with Crippen molar-refractivity contribution in [1.82, 2.24) is 9.71 Å². The maximum atomic E-state index is 11.4. The van der Waals surface area contributed by atoms with Crippen LogP contribution in [0.2, 0.25) is 0 Å². The number of nitrogens with one attached hydrogen (secondary N) is 1. The molecule has 1 aliphatic heterocycles. The summed E-state index contributed by atoms with van der Waals surface area (Å²) in [5, 5.41) is 10.7. The van der Waals surface area contributed by atoms with E-state index in [2.05, 4.69) is 46.7 Å². The fourth-order valence-electron chi connectivity index (χ4n) is 3.72. The minimum atomic E-state index is -3.16. The van der Waals surface area contributed by atoms with Gasteiger partial charge in [-0.15, -0.1) is 0 Å². The molecule has 0 aliphatic carbocycles. The van der Waals surface area contributed by atoms with Gasteiger partial charge in [-0.25, -0.2) is 13.1 Å². The molecule has 2 aromatic rings. The Kier molecular flexibility index (Phi) is 5.68. The molecule has 1 unspecified atom stereocenters. The van der Waals surface area contributed by atoms with E-state index in [4.69, 9.17) is 0 Å². The van der Waals surface area contributed by atoms with E-state index in [1.54, 1.807) is 6.20 Å². The topological polar surface area (TPSA) is 86.1 Å². The Hall–Kier alpha value is -2.17. The summed E-state index contributed by atoms with van der Waals surface area (Å²) in [4.78, 5) is 6.75. The first-order valence-electron chi connectivity index (χ1n) is 9.28. The quantitative estimate of drug-likeness (QED) is 0.873. The van der Waals surface area contributed by atoms with Crippen LogP contribution >= 0.6 is 0 Å². The van der Waals surface area contributed by atoms with Crippen molar-refractivity contribution in [3.05, 3.63) is 35.0 Å². The Morgan fingerprint density at radius 3 is 2.70 bits per heavy atom. The number of sulfonamides is 1. The zero-order chi connectivity index (χ0) is 19.6. The van der Waals surface area contributed by atoms with E-state index in [-0.39, 0.29) is 0 Å².